The third-order valence-corrected chi connectivity index (χ3v) is 3.14. The predicted molar refractivity (Wildman–Crippen MR) is 71.4 cm³/mol. The van der Waals surface area contributed by atoms with Crippen molar-refractivity contribution in [1.29, 1.82) is 0 Å². The highest BCUT2D eigenvalue weighted by molar-refractivity contribution is 7.81. The lowest BCUT2D eigenvalue weighted by atomic mass is 10.2. The van der Waals surface area contributed by atoms with Crippen molar-refractivity contribution in [1.82, 2.24) is 0 Å². The fourth-order valence-electron chi connectivity index (χ4n) is 2.03. The maximum atomic E-state index is 4.47. The van der Waals surface area contributed by atoms with Gasteiger partial charge in [0, 0.05) is 5.69 Å². The highest BCUT2D eigenvalue weighted by atomic mass is 32.1. The Morgan fingerprint density at radius 1 is 0.812 bits per heavy atom. The fourth-order valence-corrected chi connectivity index (χ4v) is 2.32. The van der Waals surface area contributed by atoms with Crippen LogP contribution in [-0.2, 0) is 0 Å². The molecule has 0 aromatic heterocycles. The van der Waals surface area contributed by atoms with Crippen LogP contribution in [0.1, 0.15) is 0 Å². The number of para-hydroxylation sites is 3. The summed E-state index contributed by atoms with van der Waals surface area (Å²) in [5.41, 5.74) is 3.57. The molecule has 3 rings (SSSR count). The Kier molecular flexibility index (Phi) is 2.26. The number of anilines is 3. The standard InChI is InChI=1S/C13H12N2S/c16-15-10-14(11-6-2-1-3-7-11)12-8-4-5-9-13(12)15/h1-9,16H,10H2. The van der Waals surface area contributed by atoms with Gasteiger partial charge >= 0.3 is 0 Å². The molecule has 0 spiro atoms. The summed E-state index contributed by atoms with van der Waals surface area (Å²) < 4.78 is 1.96. The summed E-state index contributed by atoms with van der Waals surface area (Å²) in [7, 11) is 0. The van der Waals surface area contributed by atoms with Crippen LogP contribution in [0.3, 0.4) is 0 Å². The van der Waals surface area contributed by atoms with Gasteiger partial charge in [0.1, 0.15) is 6.67 Å². The molecule has 3 heteroatoms. The minimum absolute atomic E-state index is 0.784. The first-order valence-electron chi connectivity index (χ1n) is 5.24. The quantitative estimate of drug-likeness (QED) is 0.747. The van der Waals surface area contributed by atoms with Gasteiger partial charge in [0.05, 0.1) is 11.4 Å². The Balaban J connectivity index is 2.07. The Bertz CT molecular complexity index is 498. The maximum Gasteiger partial charge on any atom is 0.106 e. The summed E-state index contributed by atoms with van der Waals surface area (Å²) in [5.74, 6) is 0. The number of benzene rings is 2. The molecule has 2 aromatic rings. The highest BCUT2D eigenvalue weighted by Gasteiger charge is 2.24. The molecule has 0 radical (unpaired) electrons. The molecule has 2 nitrogen and oxygen atoms in total. The van der Waals surface area contributed by atoms with Crippen molar-refractivity contribution < 1.29 is 0 Å². The van der Waals surface area contributed by atoms with E-state index in [4.69, 9.17) is 0 Å². The Hall–Kier alpha value is -1.61. The van der Waals surface area contributed by atoms with Crippen molar-refractivity contribution in [3.8, 4) is 0 Å². The maximum absolute atomic E-state index is 4.47. The minimum atomic E-state index is 0.784. The first-order valence-corrected chi connectivity index (χ1v) is 5.64. The first kappa shape index (κ1) is 9.60. The van der Waals surface area contributed by atoms with Crippen molar-refractivity contribution in [2.75, 3.05) is 15.9 Å². The molecule has 80 valence electrons. The minimum Gasteiger partial charge on any atom is -0.320 e. The molecule has 0 saturated heterocycles. The Labute approximate surface area is 101 Å². The molecule has 0 unspecified atom stereocenters. The zero-order valence-corrected chi connectivity index (χ0v) is 9.64. The second kappa shape index (κ2) is 3.76. The number of nitrogens with zero attached hydrogens (tertiary/aromatic N) is 2. The molecule has 1 aliphatic heterocycles. The van der Waals surface area contributed by atoms with Crippen molar-refractivity contribution in [3.05, 3.63) is 54.6 Å². The van der Waals surface area contributed by atoms with Crippen LogP contribution in [0.2, 0.25) is 0 Å². The van der Waals surface area contributed by atoms with Crippen molar-refractivity contribution in [2.24, 2.45) is 0 Å². The van der Waals surface area contributed by atoms with E-state index in [1.165, 1.54) is 11.4 Å². The zero-order valence-electron chi connectivity index (χ0n) is 8.74. The first-order chi connectivity index (χ1) is 7.86. The summed E-state index contributed by atoms with van der Waals surface area (Å²) in [6.07, 6.45) is 0. The van der Waals surface area contributed by atoms with Gasteiger partial charge in [-0.2, -0.15) is 0 Å². The van der Waals surface area contributed by atoms with Crippen LogP contribution in [0.5, 0.6) is 0 Å². The molecule has 0 amide bonds. The molecule has 16 heavy (non-hydrogen) atoms. The van der Waals surface area contributed by atoms with Crippen LogP contribution in [0.4, 0.5) is 17.1 Å². The monoisotopic (exact) mass is 228 g/mol. The average molecular weight is 228 g/mol. The lowest BCUT2D eigenvalue weighted by molar-refractivity contribution is 1.05. The van der Waals surface area contributed by atoms with E-state index in [0.29, 0.717) is 0 Å². The molecular formula is C13H12N2S. The molecule has 0 N–H and O–H groups in total. The van der Waals surface area contributed by atoms with Gasteiger partial charge < -0.3 is 4.90 Å². The number of hydrogen-bond donors (Lipinski definition) is 1. The van der Waals surface area contributed by atoms with Gasteiger partial charge in [0.25, 0.3) is 0 Å². The highest BCUT2D eigenvalue weighted by Crippen LogP contribution is 2.40. The van der Waals surface area contributed by atoms with Gasteiger partial charge in [-0.3, -0.25) is 4.31 Å². The normalized spacial score (nSPS) is 14.1. The van der Waals surface area contributed by atoms with E-state index in [-0.39, 0.29) is 0 Å². The largest absolute Gasteiger partial charge is 0.320 e. The summed E-state index contributed by atoms with van der Waals surface area (Å²) in [6.45, 7) is 0.784. The van der Waals surface area contributed by atoms with E-state index >= 15 is 0 Å². The van der Waals surface area contributed by atoms with E-state index in [2.05, 4.69) is 60.2 Å². The molecule has 2 aromatic carbocycles. The molecule has 0 bridgehead atoms. The van der Waals surface area contributed by atoms with Gasteiger partial charge in [0.2, 0.25) is 0 Å². The summed E-state index contributed by atoms with van der Waals surface area (Å²) in [4.78, 5) is 2.25. The fraction of sp³-hybridized carbons (Fsp3) is 0.0769. The molecule has 0 atom stereocenters. The third kappa shape index (κ3) is 1.44. The van der Waals surface area contributed by atoms with Gasteiger partial charge in [-0.1, -0.05) is 43.1 Å². The van der Waals surface area contributed by atoms with Crippen molar-refractivity contribution in [3.63, 3.8) is 0 Å². The molecule has 0 saturated carbocycles. The van der Waals surface area contributed by atoms with E-state index in [1.807, 2.05) is 16.4 Å². The number of fused-ring (bicyclic) bond motifs is 1. The number of hydrogen-bond acceptors (Lipinski definition) is 3. The van der Waals surface area contributed by atoms with Gasteiger partial charge in [-0.25, -0.2) is 0 Å². The van der Waals surface area contributed by atoms with Crippen LogP contribution >= 0.6 is 12.8 Å². The van der Waals surface area contributed by atoms with E-state index < -0.39 is 0 Å². The van der Waals surface area contributed by atoms with Crippen molar-refractivity contribution >= 4 is 29.9 Å². The zero-order chi connectivity index (χ0) is 11.0. The molecule has 1 heterocycles. The summed E-state index contributed by atoms with van der Waals surface area (Å²) in [5, 5.41) is 0. The lowest BCUT2D eigenvalue weighted by Crippen LogP contribution is -2.20. The summed E-state index contributed by atoms with van der Waals surface area (Å²) >= 11 is 4.47. The van der Waals surface area contributed by atoms with Gasteiger partial charge in [0.15, 0.2) is 0 Å². The van der Waals surface area contributed by atoms with E-state index in [1.54, 1.807) is 0 Å². The number of rotatable bonds is 1. The summed E-state index contributed by atoms with van der Waals surface area (Å²) in [6, 6.07) is 18.7. The molecule has 0 fully saturated rings. The SMILES string of the molecule is SN1CN(c2ccccc2)c2ccccc21. The lowest BCUT2D eigenvalue weighted by Gasteiger charge is -2.18. The second-order valence-corrected chi connectivity index (χ2v) is 4.28. The smallest absolute Gasteiger partial charge is 0.106 e. The van der Waals surface area contributed by atoms with E-state index in [0.717, 1.165) is 12.4 Å². The van der Waals surface area contributed by atoms with Crippen molar-refractivity contribution in [2.45, 2.75) is 0 Å². The third-order valence-electron chi connectivity index (χ3n) is 2.79. The number of thiol groups is 1. The Morgan fingerprint density at radius 3 is 2.19 bits per heavy atom. The van der Waals surface area contributed by atoms with Crippen LogP contribution in [0, 0.1) is 0 Å². The topological polar surface area (TPSA) is 6.48 Å². The van der Waals surface area contributed by atoms with E-state index in [9.17, 15) is 0 Å². The molecular weight excluding hydrogens is 216 g/mol. The van der Waals surface area contributed by atoms with Crippen LogP contribution < -0.4 is 9.21 Å². The van der Waals surface area contributed by atoms with Crippen LogP contribution in [-0.4, -0.2) is 6.67 Å². The molecule has 1 aliphatic rings. The van der Waals surface area contributed by atoms with Crippen LogP contribution in [0.25, 0.3) is 0 Å². The van der Waals surface area contributed by atoms with Crippen LogP contribution in [0.15, 0.2) is 54.6 Å². The molecule has 0 aliphatic carbocycles. The second-order valence-electron chi connectivity index (χ2n) is 3.79. The van der Waals surface area contributed by atoms with Gasteiger partial charge in [-0.15, -0.1) is 0 Å². The van der Waals surface area contributed by atoms with Gasteiger partial charge in [-0.05, 0) is 24.3 Å². The Morgan fingerprint density at radius 2 is 1.44 bits per heavy atom. The average Bonchev–Trinajstić information content (AvgIpc) is 2.69. The predicted octanol–water partition coefficient (Wildman–Crippen LogP) is 3.45.